The Bertz CT molecular complexity index is 1390. The van der Waals surface area contributed by atoms with Gasteiger partial charge in [-0.05, 0) is 43.0 Å². The number of aryl methyl sites for hydroxylation is 1. The van der Waals surface area contributed by atoms with Crippen molar-refractivity contribution in [2.75, 3.05) is 17.7 Å². The molecule has 2 aromatic heterocycles. The van der Waals surface area contributed by atoms with Crippen LogP contribution < -0.4 is 15.4 Å². The monoisotopic (exact) mass is 503 g/mol. The van der Waals surface area contributed by atoms with Crippen LogP contribution in [-0.4, -0.2) is 27.8 Å². The average Bonchev–Trinajstić information content (AvgIpc) is 3.52. The summed E-state index contributed by atoms with van der Waals surface area (Å²) < 4.78 is 7.23. The van der Waals surface area contributed by atoms with Gasteiger partial charge in [-0.1, -0.05) is 59.8 Å². The van der Waals surface area contributed by atoms with Gasteiger partial charge < -0.3 is 15.4 Å². The van der Waals surface area contributed by atoms with Crippen LogP contribution in [0.4, 0.5) is 11.6 Å². The molecule has 35 heavy (non-hydrogen) atoms. The second-order valence-corrected chi connectivity index (χ2v) is 10.1. The zero-order valence-corrected chi connectivity index (χ0v) is 21.2. The van der Waals surface area contributed by atoms with E-state index in [9.17, 15) is 4.79 Å². The highest BCUT2D eigenvalue weighted by molar-refractivity contribution is 7.98. The summed E-state index contributed by atoms with van der Waals surface area (Å²) in [7, 11) is 1.59. The van der Waals surface area contributed by atoms with Crippen molar-refractivity contribution in [3.8, 4) is 5.75 Å². The number of amides is 1. The van der Waals surface area contributed by atoms with Crippen LogP contribution in [-0.2, 0) is 10.5 Å². The highest BCUT2D eigenvalue weighted by atomic mass is 32.2. The van der Waals surface area contributed by atoms with Crippen molar-refractivity contribution >= 4 is 40.6 Å². The third-order valence-electron chi connectivity index (χ3n) is 5.70. The molecule has 0 spiro atoms. The number of fused-ring (bicyclic) bond motifs is 1. The molecular formula is C26H25N5O2S2. The summed E-state index contributed by atoms with van der Waals surface area (Å²) in [6, 6.07) is 19.4. The fourth-order valence-corrected chi connectivity index (χ4v) is 5.67. The van der Waals surface area contributed by atoms with E-state index in [2.05, 4.69) is 41.8 Å². The summed E-state index contributed by atoms with van der Waals surface area (Å²) in [6.45, 7) is 3.98. The molecule has 0 aliphatic carbocycles. The van der Waals surface area contributed by atoms with E-state index in [0.29, 0.717) is 28.1 Å². The van der Waals surface area contributed by atoms with Crippen molar-refractivity contribution in [1.29, 1.82) is 0 Å². The van der Waals surface area contributed by atoms with Gasteiger partial charge in [-0.25, -0.2) is 4.68 Å². The summed E-state index contributed by atoms with van der Waals surface area (Å²) in [5.74, 6) is 1.78. The van der Waals surface area contributed by atoms with Crippen LogP contribution in [0.25, 0.3) is 0 Å². The number of allylic oxidation sites excluding steroid dienone is 1. The van der Waals surface area contributed by atoms with E-state index in [1.165, 1.54) is 11.1 Å². The molecule has 9 heteroatoms. The Hall–Kier alpha value is -3.56. The Kier molecular flexibility index (Phi) is 6.61. The second kappa shape index (κ2) is 9.97. The Morgan fingerprint density at radius 2 is 2.03 bits per heavy atom. The largest absolute Gasteiger partial charge is 0.495 e. The van der Waals surface area contributed by atoms with Crippen molar-refractivity contribution in [2.45, 2.75) is 30.8 Å². The molecule has 1 aliphatic rings. The maximum absolute atomic E-state index is 13.6. The summed E-state index contributed by atoms with van der Waals surface area (Å²) in [5, 5.41) is 13.8. The van der Waals surface area contributed by atoms with Gasteiger partial charge in [0.05, 0.1) is 18.4 Å². The predicted octanol–water partition coefficient (Wildman–Crippen LogP) is 5.88. The summed E-state index contributed by atoms with van der Waals surface area (Å²) in [4.78, 5) is 19.3. The Balaban J connectivity index is 1.45. The van der Waals surface area contributed by atoms with Crippen molar-refractivity contribution in [3.63, 3.8) is 0 Å². The van der Waals surface area contributed by atoms with Gasteiger partial charge in [-0.2, -0.15) is 4.98 Å². The minimum Gasteiger partial charge on any atom is -0.495 e. The van der Waals surface area contributed by atoms with Crippen LogP contribution >= 0.6 is 23.1 Å². The van der Waals surface area contributed by atoms with Crippen molar-refractivity contribution < 1.29 is 9.53 Å². The third kappa shape index (κ3) is 4.82. The molecule has 0 fully saturated rings. The SMILES string of the molecule is COc1ccccc1NC(=O)C1=C(C)Nc2nc(SCc3cccc(C)c3)nn2[C@H]1c1cccs1. The number of benzene rings is 2. The molecule has 1 atom stereocenters. The van der Waals surface area contributed by atoms with Gasteiger partial charge in [-0.3, -0.25) is 4.79 Å². The molecule has 0 saturated heterocycles. The van der Waals surface area contributed by atoms with Crippen molar-refractivity contribution in [1.82, 2.24) is 14.8 Å². The maximum atomic E-state index is 13.6. The molecule has 0 radical (unpaired) electrons. The van der Waals surface area contributed by atoms with E-state index < -0.39 is 0 Å². The lowest BCUT2D eigenvalue weighted by Crippen LogP contribution is -2.31. The lowest BCUT2D eigenvalue weighted by Gasteiger charge is -2.27. The Labute approximate surface area is 212 Å². The molecule has 7 nitrogen and oxygen atoms in total. The number of hydrogen-bond acceptors (Lipinski definition) is 7. The van der Waals surface area contributed by atoms with Gasteiger partial charge in [0.25, 0.3) is 5.91 Å². The summed E-state index contributed by atoms with van der Waals surface area (Å²) in [5.41, 5.74) is 4.39. The van der Waals surface area contributed by atoms with Gasteiger partial charge >= 0.3 is 0 Å². The normalized spacial score (nSPS) is 14.9. The number of carbonyl (C=O) groups excluding carboxylic acids is 1. The van der Waals surface area contributed by atoms with Crippen LogP contribution in [0.5, 0.6) is 5.75 Å². The number of ether oxygens (including phenoxy) is 1. The third-order valence-corrected chi connectivity index (χ3v) is 7.53. The summed E-state index contributed by atoms with van der Waals surface area (Å²) >= 11 is 3.17. The minimum absolute atomic E-state index is 0.215. The number of nitrogens with one attached hydrogen (secondary N) is 2. The first-order chi connectivity index (χ1) is 17.0. The number of thiophene rings is 1. The van der Waals surface area contributed by atoms with Gasteiger partial charge in [0, 0.05) is 16.3 Å². The fraction of sp³-hybridized carbons (Fsp3) is 0.192. The number of nitrogens with zero attached hydrogens (tertiary/aromatic N) is 3. The van der Waals surface area contributed by atoms with Gasteiger partial charge in [0.15, 0.2) is 0 Å². The van der Waals surface area contributed by atoms with Crippen LogP contribution in [0.2, 0.25) is 0 Å². The summed E-state index contributed by atoms with van der Waals surface area (Å²) in [6.07, 6.45) is 0. The number of hydrogen-bond donors (Lipinski definition) is 2. The quantitative estimate of drug-likeness (QED) is 0.307. The lowest BCUT2D eigenvalue weighted by atomic mass is 10.0. The highest BCUT2D eigenvalue weighted by Crippen LogP contribution is 2.39. The van der Waals surface area contributed by atoms with E-state index in [-0.39, 0.29) is 11.9 Å². The molecule has 4 aromatic rings. The highest BCUT2D eigenvalue weighted by Gasteiger charge is 2.35. The van der Waals surface area contributed by atoms with Crippen LogP contribution in [0.15, 0.2) is 82.5 Å². The number of rotatable bonds is 7. The first-order valence-electron chi connectivity index (χ1n) is 11.1. The van der Waals surface area contributed by atoms with Crippen molar-refractivity contribution in [3.05, 3.63) is 93.3 Å². The zero-order valence-electron chi connectivity index (χ0n) is 19.6. The van der Waals surface area contributed by atoms with E-state index in [4.69, 9.17) is 14.8 Å². The van der Waals surface area contributed by atoms with Crippen molar-refractivity contribution in [2.24, 2.45) is 0 Å². The number of carbonyl (C=O) groups is 1. The molecule has 1 aliphatic heterocycles. The standard InChI is InChI=1S/C26H25N5O2S2/c1-16-8-6-9-18(14-16)15-35-26-29-25-27-17(2)22(23(31(25)30-26)21-12-7-13-34-21)24(32)28-19-10-4-5-11-20(19)33-3/h4-14,23H,15H2,1-3H3,(H,28,32)(H,27,29,30)/t23-/m0/s1. The van der Waals surface area contributed by atoms with E-state index in [0.717, 1.165) is 16.3 Å². The fourth-order valence-electron chi connectivity index (χ4n) is 4.08. The molecule has 178 valence electrons. The molecule has 2 aromatic carbocycles. The lowest BCUT2D eigenvalue weighted by molar-refractivity contribution is -0.113. The van der Waals surface area contributed by atoms with Crippen LogP contribution in [0.1, 0.15) is 29.0 Å². The Morgan fingerprint density at radius 3 is 2.80 bits per heavy atom. The molecule has 2 N–H and O–H groups in total. The molecule has 0 bridgehead atoms. The smallest absolute Gasteiger partial charge is 0.256 e. The molecule has 1 amide bonds. The van der Waals surface area contributed by atoms with Crippen LogP contribution in [0.3, 0.4) is 0 Å². The predicted molar refractivity (Wildman–Crippen MR) is 141 cm³/mol. The first kappa shape index (κ1) is 23.2. The van der Waals surface area contributed by atoms with Crippen LogP contribution in [0, 0.1) is 6.92 Å². The number of para-hydroxylation sites is 2. The maximum Gasteiger partial charge on any atom is 0.256 e. The van der Waals surface area contributed by atoms with Gasteiger partial charge in [0.1, 0.15) is 11.8 Å². The Morgan fingerprint density at radius 1 is 1.17 bits per heavy atom. The molecule has 0 unspecified atom stereocenters. The van der Waals surface area contributed by atoms with E-state index in [1.807, 2.05) is 53.4 Å². The molecular weight excluding hydrogens is 478 g/mol. The molecule has 0 saturated carbocycles. The minimum atomic E-state index is -0.387. The topological polar surface area (TPSA) is 81.1 Å². The average molecular weight is 504 g/mol. The second-order valence-electron chi connectivity index (χ2n) is 8.18. The van der Waals surface area contributed by atoms with Gasteiger partial charge in [-0.15, -0.1) is 16.4 Å². The zero-order chi connectivity index (χ0) is 24.4. The molecule has 3 heterocycles. The van der Waals surface area contributed by atoms with E-state index in [1.54, 1.807) is 30.2 Å². The van der Waals surface area contributed by atoms with E-state index >= 15 is 0 Å². The number of aromatic nitrogens is 3. The number of anilines is 2. The van der Waals surface area contributed by atoms with Gasteiger partial charge in [0.2, 0.25) is 11.1 Å². The first-order valence-corrected chi connectivity index (χ1v) is 13.0. The molecule has 5 rings (SSSR count). The number of thioether (sulfide) groups is 1. The number of methoxy groups -OCH3 is 1.